The topological polar surface area (TPSA) is 0 Å². The normalized spacial score (nSPS) is 11.3. The van der Waals surface area contributed by atoms with Crippen LogP contribution in [0.5, 0.6) is 0 Å². The molecule has 0 unspecified atom stereocenters. The second-order valence-corrected chi connectivity index (χ2v) is 3.13. The smallest absolute Gasteiger partial charge is 0.0749 e. The Labute approximate surface area is 70.8 Å². The average molecular weight is 152 g/mol. The Kier molecular flexibility index (Phi) is 0.991. The summed E-state index contributed by atoms with van der Waals surface area (Å²) in [6.07, 6.45) is 0. The molecule has 0 N–H and O–H groups in total. The fraction of sp³-hybridized carbons (Fsp3) is 0. The van der Waals surface area contributed by atoms with Crippen LogP contribution < -0.4 is 0 Å². The van der Waals surface area contributed by atoms with E-state index in [1.807, 2.05) is 0 Å². The van der Waals surface area contributed by atoms with Gasteiger partial charge in [0, 0.05) is 0 Å². The number of benzene rings is 2. The van der Waals surface area contributed by atoms with E-state index in [0.29, 0.717) is 0 Å². The minimum Gasteiger partial charge on any atom is -0.265 e. The largest absolute Gasteiger partial charge is 0.265 e. The van der Waals surface area contributed by atoms with E-state index in [2.05, 4.69) is 48.5 Å². The zero-order valence-corrected chi connectivity index (χ0v) is 6.62. The maximum Gasteiger partial charge on any atom is -0.0749 e. The standard InChI is InChI=1S/C12H8/c1-3-9-4-2-6-11-8-7-10(5-1)12(9)11/h1-8H/q-2. The molecule has 0 aliphatic heterocycles. The van der Waals surface area contributed by atoms with Crippen LogP contribution in [0.25, 0.3) is 21.5 Å². The Morgan fingerprint density at radius 2 is 1.33 bits per heavy atom. The summed E-state index contributed by atoms with van der Waals surface area (Å²) in [6, 6.07) is 17.2. The first-order valence-corrected chi connectivity index (χ1v) is 4.15. The van der Waals surface area contributed by atoms with Gasteiger partial charge in [-0.1, -0.05) is 18.2 Å². The molecule has 0 aromatic heterocycles. The molecule has 0 aliphatic carbocycles. The summed E-state index contributed by atoms with van der Waals surface area (Å²) in [4.78, 5) is 0. The molecule has 12 heavy (non-hydrogen) atoms. The van der Waals surface area contributed by atoms with E-state index in [9.17, 15) is 0 Å². The summed E-state index contributed by atoms with van der Waals surface area (Å²) in [7, 11) is 0. The highest BCUT2D eigenvalue weighted by atomic mass is 14.0. The van der Waals surface area contributed by atoms with Crippen LogP contribution in [0.15, 0.2) is 48.5 Å². The van der Waals surface area contributed by atoms with E-state index < -0.39 is 0 Å². The van der Waals surface area contributed by atoms with Crippen LogP contribution in [0, 0.1) is 0 Å². The predicted molar refractivity (Wildman–Crippen MR) is 52.6 cm³/mol. The molecule has 3 aromatic carbocycles. The number of rotatable bonds is 0. The first-order chi connectivity index (χ1) is 5.95. The van der Waals surface area contributed by atoms with Crippen molar-refractivity contribution in [2.75, 3.05) is 0 Å². The summed E-state index contributed by atoms with van der Waals surface area (Å²) in [5.41, 5.74) is 0. The minimum atomic E-state index is 1.34. The van der Waals surface area contributed by atoms with Crippen LogP contribution in [0.2, 0.25) is 0 Å². The van der Waals surface area contributed by atoms with E-state index in [1.165, 1.54) is 21.5 Å². The van der Waals surface area contributed by atoms with Gasteiger partial charge in [0.25, 0.3) is 0 Å². The molecule has 0 heterocycles. The van der Waals surface area contributed by atoms with Crippen molar-refractivity contribution < 1.29 is 0 Å². The summed E-state index contributed by atoms with van der Waals surface area (Å²) < 4.78 is 0. The van der Waals surface area contributed by atoms with E-state index in [4.69, 9.17) is 0 Å². The lowest BCUT2D eigenvalue weighted by Gasteiger charge is -2.12. The lowest BCUT2D eigenvalue weighted by Crippen LogP contribution is -1.69. The fourth-order valence-electron chi connectivity index (χ4n) is 1.86. The maximum atomic E-state index is 2.18. The molecule has 0 aliphatic rings. The van der Waals surface area contributed by atoms with Gasteiger partial charge in [-0.2, -0.15) is 10.8 Å². The summed E-state index contributed by atoms with van der Waals surface area (Å²) >= 11 is 0. The third-order valence-electron chi connectivity index (χ3n) is 2.41. The lowest BCUT2D eigenvalue weighted by molar-refractivity contribution is 1.84. The second-order valence-electron chi connectivity index (χ2n) is 3.13. The third kappa shape index (κ3) is 0.620. The van der Waals surface area contributed by atoms with Gasteiger partial charge >= 0.3 is 0 Å². The summed E-state index contributed by atoms with van der Waals surface area (Å²) in [5.74, 6) is 0. The Morgan fingerprint density at radius 3 is 1.92 bits per heavy atom. The van der Waals surface area contributed by atoms with Crippen LogP contribution in [-0.4, -0.2) is 0 Å². The molecule has 0 bridgehead atoms. The fourth-order valence-corrected chi connectivity index (χ4v) is 1.86. The first-order valence-electron chi connectivity index (χ1n) is 4.15. The molecule has 0 spiro atoms. The van der Waals surface area contributed by atoms with Crippen LogP contribution in [0.4, 0.5) is 0 Å². The molecular formula is C12H8-2. The van der Waals surface area contributed by atoms with E-state index in [-0.39, 0.29) is 0 Å². The van der Waals surface area contributed by atoms with Gasteiger partial charge in [-0.05, 0) is 0 Å². The molecule has 0 radical (unpaired) electrons. The van der Waals surface area contributed by atoms with Crippen molar-refractivity contribution in [1.82, 2.24) is 0 Å². The second kappa shape index (κ2) is 1.98. The Balaban J connectivity index is 2.77. The quantitative estimate of drug-likeness (QED) is 0.433. The summed E-state index contributed by atoms with van der Waals surface area (Å²) in [5, 5.41) is 5.45. The highest BCUT2D eigenvalue weighted by Crippen LogP contribution is 2.27. The predicted octanol–water partition coefficient (Wildman–Crippen LogP) is 3.43. The van der Waals surface area contributed by atoms with Crippen molar-refractivity contribution in [2.45, 2.75) is 0 Å². The van der Waals surface area contributed by atoms with Crippen molar-refractivity contribution >= 4 is 21.5 Å². The zero-order chi connectivity index (χ0) is 7.97. The van der Waals surface area contributed by atoms with Crippen molar-refractivity contribution in [3.8, 4) is 0 Å². The van der Waals surface area contributed by atoms with Gasteiger partial charge in [-0.3, -0.25) is 5.39 Å². The van der Waals surface area contributed by atoms with Crippen molar-refractivity contribution in [3.63, 3.8) is 0 Å². The van der Waals surface area contributed by atoms with Gasteiger partial charge in [0.15, 0.2) is 0 Å². The maximum absolute atomic E-state index is 2.18. The zero-order valence-electron chi connectivity index (χ0n) is 6.62. The minimum absolute atomic E-state index is 1.34. The number of hydrogen-bond donors (Lipinski definition) is 0. The monoisotopic (exact) mass is 152 g/mol. The van der Waals surface area contributed by atoms with Crippen LogP contribution >= 0.6 is 0 Å². The van der Waals surface area contributed by atoms with E-state index in [1.54, 1.807) is 0 Å². The number of hydrogen-bond acceptors (Lipinski definition) is 0. The molecule has 0 atom stereocenters. The van der Waals surface area contributed by atoms with Gasteiger partial charge < -0.3 is 0 Å². The highest BCUT2D eigenvalue weighted by Gasteiger charge is 1.86. The van der Waals surface area contributed by atoms with Gasteiger partial charge in [-0.15, -0.1) is 11.5 Å². The molecular weight excluding hydrogens is 144 g/mol. The molecule has 58 valence electrons. The van der Waals surface area contributed by atoms with Crippen molar-refractivity contribution in [3.05, 3.63) is 48.5 Å². The third-order valence-corrected chi connectivity index (χ3v) is 2.41. The lowest BCUT2D eigenvalue weighted by atomic mass is 10.1. The molecule has 0 saturated carbocycles. The Bertz CT molecular complexity index is 478. The van der Waals surface area contributed by atoms with Gasteiger partial charge in [0.05, 0.1) is 0 Å². The van der Waals surface area contributed by atoms with Gasteiger partial charge in [0.1, 0.15) is 0 Å². The summed E-state index contributed by atoms with van der Waals surface area (Å²) in [6.45, 7) is 0. The molecule has 0 saturated heterocycles. The van der Waals surface area contributed by atoms with Crippen LogP contribution in [0.3, 0.4) is 0 Å². The van der Waals surface area contributed by atoms with Crippen molar-refractivity contribution in [2.24, 2.45) is 0 Å². The first kappa shape index (κ1) is 6.01. The molecule has 0 heteroatoms. The van der Waals surface area contributed by atoms with Crippen LogP contribution in [-0.2, 0) is 0 Å². The van der Waals surface area contributed by atoms with Gasteiger partial charge in [-0.25, -0.2) is 24.3 Å². The highest BCUT2D eigenvalue weighted by molar-refractivity contribution is 6.11. The van der Waals surface area contributed by atoms with E-state index >= 15 is 0 Å². The Morgan fingerprint density at radius 1 is 0.750 bits per heavy atom. The Hall–Kier alpha value is -1.56. The molecule has 3 rings (SSSR count). The molecule has 3 aromatic rings. The molecule has 0 nitrogen and oxygen atoms in total. The van der Waals surface area contributed by atoms with Crippen LogP contribution in [0.1, 0.15) is 0 Å². The molecule has 0 amide bonds. The van der Waals surface area contributed by atoms with Crippen molar-refractivity contribution in [1.29, 1.82) is 0 Å². The van der Waals surface area contributed by atoms with Gasteiger partial charge in [0.2, 0.25) is 0 Å². The van der Waals surface area contributed by atoms with E-state index in [0.717, 1.165) is 0 Å². The average Bonchev–Trinajstić information content (AvgIpc) is 2.52. The molecule has 0 fully saturated rings. The SMILES string of the molecule is c1cc2ccc3cc[cH-]c([cH-]1)c23.